The number of amides is 1. The summed E-state index contributed by atoms with van der Waals surface area (Å²) in [5, 5.41) is 13.4. The van der Waals surface area contributed by atoms with Crippen molar-refractivity contribution in [2.75, 3.05) is 33.7 Å². The van der Waals surface area contributed by atoms with Crippen LogP contribution in [-0.2, 0) is 4.79 Å². The van der Waals surface area contributed by atoms with Crippen LogP contribution >= 0.6 is 11.8 Å². The zero-order valence-corrected chi connectivity index (χ0v) is 22.9. The Kier molecular flexibility index (Phi) is 9.41. The van der Waals surface area contributed by atoms with Gasteiger partial charge < -0.3 is 18.9 Å². The Labute approximate surface area is 231 Å². The second kappa shape index (κ2) is 13.3. The third-order valence-corrected chi connectivity index (χ3v) is 6.47. The lowest BCUT2D eigenvalue weighted by Gasteiger charge is -2.12. The summed E-state index contributed by atoms with van der Waals surface area (Å²) in [6, 6.07) is 20.8. The van der Waals surface area contributed by atoms with Gasteiger partial charge in [-0.3, -0.25) is 9.36 Å². The number of carbonyl (C=O) groups is 1. The SMILES string of the molecule is CCOc1ccc(-n2c(SCC(=O)NN=Cc3c(OC)cc(OC)cc3OC)nnc2-c2ccccc2)cc1. The van der Waals surface area contributed by atoms with E-state index in [0.29, 0.717) is 40.4 Å². The minimum atomic E-state index is -0.315. The van der Waals surface area contributed by atoms with Crippen LogP contribution in [-0.4, -0.2) is 60.6 Å². The average Bonchev–Trinajstić information content (AvgIpc) is 3.41. The van der Waals surface area contributed by atoms with Gasteiger partial charge in [0, 0.05) is 23.4 Å². The molecule has 1 amide bonds. The zero-order chi connectivity index (χ0) is 27.6. The first kappa shape index (κ1) is 27.5. The van der Waals surface area contributed by atoms with E-state index in [1.54, 1.807) is 19.2 Å². The second-order valence-electron chi connectivity index (χ2n) is 7.96. The lowest BCUT2D eigenvalue weighted by Crippen LogP contribution is -2.20. The summed E-state index contributed by atoms with van der Waals surface area (Å²) < 4.78 is 23.6. The van der Waals surface area contributed by atoms with Gasteiger partial charge in [-0.1, -0.05) is 42.1 Å². The van der Waals surface area contributed by atoms with Crippen molar-refractivity contribution in [1.82, 2.24) is 20.2 Å². The molecule has 0 aliphatic rings. The molecule has 202 valence electrons. The molecule has 11 heteroatoms. The van der Waals surface area contributed by atoms with Gasteiger partial charge in [0.05, 0.1) is 45.5 Å². The van der Waals surface area contributed by atoms with E-state index in [-0.39, 0.29) is 11.7 Å². The molecule has 0 fully saturated rings. The number of nitrogens with zero attached hydrogens (tertiary/aromatic N) is 4. The van der Waals surface area contributed by atoms with E-state index in [4.69, 9.17) is 18.9 Å². The molecule has 10 nitrogen and oxygen atoms in total. The number of carbonyl (C=O) groups excluding carboxylic acids is 1. The summed E-state index contributed by atoms with van der Waals surface area (Å²) in [5.41, 5.74) is 4.87. The van der Waals surface area contributed by atoms with Crippen LogP contribution in [0.4, 0.5) is 0 Å². The third kappa shape index (κ3) is 6.68. The first-order valence-electron chi connectivity index (χ1n) is 12.1. The van der Waals surface area contributed by atoms with Crippen molar-refractivity contribution in [3.8, 4) is 40.1 Å². The monoisotopic (exact) mass is 547 g/mol. The Morgan fingerprint density at radius 1 is 0.949 bits per heavy atom. The molecule has 0 aliphatic carbocycles. The quantitative estimate of drug-likeness (QED) is 0.156. The van der Waals surface area contributed by atoms with Crippen LogP contribution in [0, 0.1) is 0 Å². The number of rotatable bonds is 12. The molecule has 0 saturated carbocycles. The summed E-state index contributed by atoms with van der Waals surface area (Å²) in [6.45, 7) is 2.52. The number of benzene rings is 3. The van der Waals surface area contributed by atoms with Crippen molar-refractivity contribution in [1.29, 1.82) is 0 Å². The van der Waals surface area contributed by atoms with Gasteiger partial charge in [0.25, 0.3) is 5.91 Å². The van der Waals surface area contributed by atoms with Gasteiger partial charge in [-0.15, -0.1) is 10.2 Å². The maximum Gasteiger partial charge on any atom is 0.250 e. The lowest BCUT2D eigenvalue weighted by molar-refractivity contribution is -0.118. The highest BCUT2D eigenvalue weighted by Gasteiger charge is 2.18. The molecule has 1 N–H and O–H groups in total. The molecule has 0 saturated heterocycles. The van der Waals surface area contributed by atoms with Crippen LogP contribution in [0.25, 0.3) is 17.1 Å². The highest BCUT2D eigenvalue weighted by molar-refractivity contribution is 7.99. The van der Waals surface area contributed by atoms with Crippen LogP contribution < -0.4 is 24.4 Å². The first-order valence-corrected chi connectivity index (χ1v) is 13.0. The molecule has 0 radical (unpaired) electrons. The van der Waals surface area contributed by atoms with Crippen LogP contribution in [0.5, 0.6) is 23.0 Å². The Morgan fingerprint density at radius 2 is 1.64 bits per heavy atom. The maximum absolute atomic E-state index is 12.7. The number of ether oxygens (including phenoxy) is 4. The third-order valence-electron chi connectivity index (χ3n) is 5.54. The minimum absolute atomic E-state index is 0.0676. The number of hydrogen-bond donors (Lipinski definition) is 1. The largest absolute Gasteiger partial charge is 0.496 e. The van der Waals surface area contributed by atoms with E-state index in [1.165, 1.54) is 32.2 Å². The predicted octanol–water partition coefficient (Wildman–Crippen LogP) is 4.60. The van der Waals surface area contributed by atoms with Crippen molar-refractivity contribution in [3.63, 3.8) is 0 Å². The van der Waals surface area contributed by atoms with Crippen LogP contribution in [0.1, 0.15) is 12.5 Å². The molecule has 4 aromatic rings. The minimum Gasteiger partial charge on any atom is -0.496 e. The summed E-state index contributed by atoms with van der Waals surface area (Å²) >= 11 is 1.25. The predicted molar refractivity (Wildman–Crippen MR) is 151 cm³/mol. The van der Waals surface area contributed by atoms with Gasteiger partial charge in [0.15, 0.2) is 11.0 Å². The molecule has 0 unspecified atom stereocenters. The van der Waals surface area contributed by atoms with Gasteiger partial charge in [0.2, 0.25) is 0 Å². The smallest absolute Gasteiger partial charge is 0.250 e. The number of methoxy groups -OCH3 is 3. The van der Waals surface area contributed by atoms with Gasteiger partial charge in [0.1, 0.15) is 23.0 Å². The van der Waals surface area contributed by atoms with E-state index in [1.807, 2.05) is 66.1 Å². The van der Waals surface area contributed by atoms with Gasteiger partial charge in [-0.2, -0.15) is 5.10 Å². The normalized spacial score (nSPS) is 10.9. The molecule has 0 spiro atoms. The number of hydrogen-bond acceptors (Lipinski definition) is 9. The van der Waals surface area contributed by atoms with E-state index in [2.05, 4.69) is 20.7 Å². The standard InChI is InChI=1S/C28H29N5O5S/c1-5-38-21-13-11-20(12-14-21)33-27(19-9-7-6-8-10-19)31-32-28(33)39-18-26(34)30-29-17-23-24(36-3)15-22(35-2)16-25(23)37-4/h6-17H,5,18H2,1-4H3,(H,30,34). The fourth-order valence-electron chi connectivity index (χ4n) is 3.72. The first-order chi connectivity index (χ1) is 19.1. The molecule has 3 aromatic carbocycles. The highest BCUT2D eigenvalue weighted by atomic mass is 32.2. The molecule has 39 heavy (non-hydrogen) atoms. The highest BCUT2D eigenvalue weighted by Crippen LogP contribution is 2.33. The second-order valence-corrected chi connectivity index (χ2v) is 8.90. The Morgan fingerprint density at radius 3 is 2.26 bits per heavy atom. The van der Waals surface area contributed by atoms with Crippen LogP contribution in [0.15, 0.2) is 77.0 Å². The van der Waals surface area contributed by atoms with Gasteiger partial charge >= 0.3 is 0 Å². The molecular weight excluding hydrogens is 518 g/mol. The number of nitrogens with one attached hydrogen (secondary N) is 1. The molecule has 1 heterocycles. The van der Waals surface area contributed by atoms with Gasteiger partial charge in [-0.05, 0) is 31.2 Å². The van der Waals surface area contributed by atoms with Crippen LogP contribution in [0.3, 0.4) is 0 Å². The van der Waals surface area contributed by atoms with Gasteiger partial charge in [-0.25, -0.2) is 5.43 Å². The maximum atomic E-state index is 12.7. The summed E-state index contributed by atoms with van der Waals surface area (Å²) in [7, 11) is 4.62. The Hall–Kier alpha value is -4.51. The molecule has 0 bridgehead atoms. The van der Waals surface area contributed by atoms with E-state index >= 15 is 0 Å². The summed E-state index contributed by atoms with van der Waals surface area (Å²) in [5.74, 6) is 2.76. The molecule has 0 atom stereocenters. The fourth-order valence-corrected chi connectivity index (χ4v) is 4.46. The van der Waals surface area contributed by atoms with Crippen molar-refractivity contribution in [2.24, 2.45) is 5.10 Å². The average molecular weight is 548 g/mol. The van der Waals surface area contributed by atoms with Crippen molar-refractivity contribution in [3.05, 3.63) is 72.3 Å². The Balaban J connectivity index is 1.51. The van der Waals surface area contributed by atoms with E-state index in [0.717, 1.165) is 17.0 Å². The molecular formula is C28H29N5O5S. The fraction of sp³-hybridized carbons (Fsp3) is 0.214. The molecule has 4 rings (SSSR count). The van der Waals surface area contributed by atoms with Crippen molar-refractivity contribution >= 4 is 23.9 Å². The number of thioether (sulfide) groups is 1. The van der Waals surface area contributed by atoms with Crippen molar-refractivity contribution in [2.45, 2.75) is 12.1 Å². The van der Waals surface area contributed by atoms with Crippen LogP contribution in [0.2, 0.25) is 0 Å². The summed E-state index contributed by atoms with van der Waals surface area (Å²) in [6.07, 6.45) is 1.47. The van der Waals surface area contributed by atoms with E-state index in [9.17, 15) is 4.79 Å². The number of hydrazone groups is 1. The zero-order valence-electron chi connectivity index (χ0n) is 22.1. The van der Waals surface area contributed by atoms with Crippen molar-refractivity contribution < 1.29 is 23.7 Å². The van der Waals surface area contributed by atoms with E-state index < -0.39 is 0 Å². The molecule has 0 aliphatic heterocycles. The Bertz CT molecular complexity index is 1400. The summed E-state index contributed by atoms with van der Waals surface area (Å²) in [4.78, 5) is 12.7. The number of aromatic nitrogens is 3. The molecule has 1 aromatic heterocycles. The lowest BCUT2D eigenvalue weighted by atomic mass is 10.2. The topological polar surface area (TPSA) is 109 Å².